The first kappa shape index (κ1) is 8.12. The molecule has 0 radical (unpaired) electrons. The van der Waals surface area contributed by atoms with Crippen LogP contribution in [-0.4, -0.2) is 9.38 Å². The van der Waals surface area contributed by atoms with Crippen LogP contribution in [-0.2, 0) is 0 Å². The second-order valence-electron chi connectivity index (χ2n) is 3.73. The van der Waals surface area contributed by atoms with Gasteiger partial charge in [0.05, 0.1) is 10.5 Å². The predicted octanol–water partition coefficient (Wildman–Crippen LogP) is 2.45. The number of halogens is 1. The van der Waals surface area contributed by atoms with Gasteiger partial charge in [-0.25, -0.2) is 4.98 Å². The van der Waals surface area contributed by atoms with Gasteiger partial charge in [0.2, 0.25) is 0 Å². The van der Waals surface area contributed by atoms with Crippen molar-refractivity contribution in [2.75, 3.05) is 5.73 Å². The molecule has 1 fully saturated rings. The van der Waals surface area contributed by atoms with Gasteiger partial charge in [0, 0.05) is 12.1 Å². The number of rotatable bonds is 1. The minimum atomic E-state index is 0.582. The fourth-order valence-corrected chi connectivity index (χ4v) is 1.90. The molecular weight excluding hydrogens is 198 g/mol. The van der Waals surface area contributed by atoms with Crippen LogP contribution in [0.25, 0.3) is 5.52 Å². The van der Waals surface area contributed by atoms with Crippen LogP contribution in [0, 0.1) is 0 Å². The van der Waals surface area contributed by atoms with E-state index in [1.54, 1.807) is 0 Å². The van der Waals surface area contributed by atoms with Gasteiger partial charge in [-0.15, -0.1) is 0 Å². The normalized spacial score (nSPS) is 16.4. The first-order valence-electron chi connectivity index (χ1n) is 4.68. The Balaban J connectivity index is 2.33. The van der Waals surface area contributed by atoms with E-state index in [4.69, 9.17) is 17.3 Å². The van der Waals surface area contributed by atoms with E-state index in [2.05, 4.69) is 4.98 Å². The zero-order valence-electron chi connectivity index (χ0n) is 7.57. The number of pyridine rings is 1. The lowest BCUT2D eigenvalue weighted by molar-refractivity contribution is 0.922. The van der Waals surface area contributed by atoms with Crippen molar-refractivity contribution in [1.29, 1.82) is 0 Å². The number of imidazole rings is 1. The maximum absolute atomic E-state index is 5.94. The van der Waals surface area contributed by atoms with Crippen molar-refractivity contribution in [3.63, 3.8) is 0 Å². The highest BCUT2D eigenvalue weighted by Crippen LogP contribution is 2.40. The molecule has 1 saturated carbocycles. The second kappa shape index (κ2) is 2.64. The van der Waals surface area contributed by atoms with Crippen molar-refractivity contribution in [3.8, 4) is 0 Å². The van der Waals surface area contributed by atoms with E-state index in [0.717, 1.165) is 16.4 Å². The first-order chi connectivity index (χ1) is 6.75. The number of hydrogen-bond acceptors (Lipinski definition) is 2. The van der Waals surface area contributed by atoms with E-state index in [1.165, 1.54) is 12.8 Å². The summed E-state index contributed by atoms with van der Waals surface area (Å²) in [5.74, 6) is 2.24. The molecule has 2 N–H and O–H groups in total. The zero-order chi connectivity index (χ0) is 9.71. The van der Waals surface area contributed by atoms with Gasteiger partial charge < -0.3 is 5.73 Å². The fourth-order valence-electron chi connectivity index (χ4n) is 1.74. The van der Waals surface area contributed by atoms with Crippen LogP contribution >= 0.6 is 11.6 Å². The molecule has 0 aromatic carbocycles. The molecule has 0 atom stereocenters. The third kappa shape index (κ3) is 1.09. The highest BCUT2D eigenvalue weighted by molar-refractivity contribution is 6.30. The third-order valence-electron chi connectivity index (χ3n) is 2.60. The minimum absolute atomic E-state index is 0.582. The third-order valence-corrected chi connectivity index (χ3v) is 2.82. The Bertz CT molecular complexity index is 499. The molecule has 14 heavy (non-hydrogen) atoms. The Morgan fingerprint density at radius 2 is 2.21 bits per heavy atom. The van der Waals surface area contributed by atoms with E-state index in [9.17, 15) is 0 Å². The molecule has 2 aromatic rings. The van der Waals surface area contributed by atoms with Crippen LogP contribution in [0.4, 0.5) is 5.82 Å². The summed E-state index contributed by atoms with van der Waals surface area (Å²) < 4.78 is 2.01. The lowest BCUT2D eigenvalue weighted by Crippen LogP contribution is -1.91. The van der Waals surface area contributed by atoms with E-state index in [1.807, 2.05) is 22.7 Å². The number of hydrogen-bond donors (Lipinski definition) is 1. The van der Waals surface area contributed by atoms with Crippen LogP contribution in [0.1, 0.15) is 24.6 Å². The van der Waals surface area contributed by atoms with Crippen LogP contribution in [0.2, 0.25) is 5.02 Å². The molecule has 0 bridgehead atoms. The number of nitrogens with zero attached hydrogens (tertiary/aromatic N) is 2. The van der Waals surface area contributed by atoms with E-state index >= 15 is 0 Å². The van der Waals surface area contributed by atoms with Crippen LogP contribution < -0.4 is 5.73 Å². The van der Waals surface area contributed by atoms with Crippen molar-refractivity contribution >= 4 is 22.9 Å². The quantitative estimate of drug-likeness (QED) is 0.781. The van der Waals surface area contributed by atoms with Crippen LogP contribution in [0.5, 0.6) is 0 Å². The van der Waals surface area contributed by atoms with E-state index < -0.39 is 0 Å². The summed E-state index contributed by atoms with van der Waals surface area (Å²) in [7, 11) is 0. The summed E-state index contributed by atoms with van der Waals surface area (Å²) in [5, 5.41) is 0.719. The van der Waals surface area contributed by atoms with Crippen LogP contribution in [0.15, 0.2) is 18.3 Å². The molecule has 2 heterocycles. The monoisotopic (exact) mass is 207 g/mol. The molecular formula is C10H10ClN3. The molecule has 72 valence electrons. The zero-order valence-corrected chi connectivity index (χ0v) is 8.33. The summed E-state index contributed by atoms with van der Waals surface area (Å²) in [6.07, 6.45) is 4.31. The van der Waals surface area contributed by atoms with Gasteiger partial charge in [-0.3, -0.25) is 4.40 Å². The first-order valence-corrected chi connectivity index (χ1v) is 5.06. The molecule has 0 spiro atoms. The molecule has 4 heteroatoms. The molecule has 1 aliphatic rings. The lowest BCUT2D eigenvalue weighted by Gasteiger charge is -1.98. The summed E-state index contributed by atoms with van der Waals surface area (Å²) in [6.45, 7) is 0. The smallest absolute Gasteiger partial charge is 0.149 e. The number of aromatic nitrogens is 2. The predicted molar refractivity (Wildman–Crippen MR) is 56.6 cm³/mol. The van der Waals surface area contributed by atoms with E-state index in [-0.39, 0.29) is 0 Å². The van der Waals surface area contributed by atoms with Crippen molar-refractivity contribution in [2.45, 2.75) is 18.8 Å². The average Bonchev–Trinajstić information content (AvgIpc) is 2.93. The highest BCUT2D eigenvalue weighted by Gasteiger charge is 2.28. The topological polar surface area (TPSA) is 43.3 Å². The lowest BCUT2D eigenvalue weighted by atomic mass is 10.4. The molecule has 3 nitrogen and oxygen atoms in total. The molecule has 0 unspecified atom stereocenters. The molecule has 0 aliphatic heterocycles. The summed E-state index contributed by atoms with van der Waals surface area (Å²) in [4.78, 5) is 4.37. The molecule has 3 rings (SSSR count). The van der Waals surface area contributed by atoms with E-state index in [0.29, 0.717) is 11.7 Å². The molecule has 2 aromatic heterocycles. The maximum atomic E-state index is 5.94. The largest absolute Gasteiger partial charge is 0.382 e. The Labute approximate surface area is 86.5 Å². The highest BCUT2D eigenvalue weighted by atomic mass is 35.5. The number of anilines is 1. The standard InChI is InChI=1S/C10H10ClN3/c11-7-3-4-8-9(12)13-10(6-1-2-6)14(8)5-7/h3-6H,1-2,12H2. The van der Waals surface area contributed by atoms with Crippen LogP contribution in [0.3, 0.4) is 0 Å². The van der Waals surface area contributed by atoms with Crippen molar-refractivity contribution in [2.24, 2.45) is 0 Å². The fraction of sp³-hybridized carbons (Fsp3) is 0.300. The molecule has 0 amide bonds. The Hall–Kier alpha value is -1.22. The van der Waals surface area contributed by atoms with Gasteiger partial charge in [-0.2, -0.15) is 0 Å². The van der Waals surface area contributed by atoms with Gasteiger partial charge in [0.25, 0.3) is 0 Å². The maximum Gasteiger partial charge on any atom is 0.149 e. The number of fused-ring (bicyclic) bond motifs is 1. The van der Waals surface area contributed by atoms with Gasteiger partial charge in [0.1, 0.15) is 11.6 Å². The number of nitrogen functional groups attached to an aromatic ring is 1. The van der Waals surface area contributed by atoms with Gasteiger partial charge >= 0.3 is 0 Å². The Kier molecular flexibility index (Phi) is 1.53. The summed E-state index contributed by atoms with van der Waals surface area (Å²) in [5.41, 5.74) is 6.77. The minimum Gasteiger partial charge on any atom is -0.382 e. The Morgan fingerprint density at radius 1 is 1.43 bits per heavy atom. The second-order valence-corrected chi connectivity index (χ2v) is 4.17. The summed E-state index contributed by atoms with van der Waals surface area (Å²) in [6, 6.07) is 3.75. The molecule has 1 aliphatic carbocycles. The van der Waals surface area contributed by atoms with Gasteiger partial charge in [-0.05, 0) is 25.0 Å². The van der Waals surface area contributed by atoms with Crippen molar-refractivity contribution < 1.29 is 0 Å². The average molecular weight is 208 g/mol. The Morgan fingerprint density at radius 3 is 2.93 bits per heavy atom. The van der Waals surface area contributed by atoms with Gasteiger partial charge in [0.15, 0.2) is 0 Å². The van der Waals surface area contributed by atoms with Crippen molar-refractivity contribution in [3.05, 3.63) is 29.2 Å². The summed E-state index contributed by atoms with van der Waals surface area (Å²) >= 11 is 5.94. The number of nitrogens with two attached hydrogens (primary N) is 1. The SMILES string of the molecule is Nc1nc(C2CC2)n2cc(Cl)ccc12. The molecule has 0 saturated heterocycles. The van der Waals surface area contributed by atoms with Crippen molar-refractivity contribution in [1.82, 2.24) is 9.38 Å². The van der Waals surface area contributed by atoms with Gasteiger partial charge in [-0.1, -0.05) is 11.6 Å².